The van der Waals surface area contributed by atoms with E-state index in [0.29, 0.717) is 35.7 Å². The average molecular weight is 365 g/mol. The first-order valence-corrected chi connectivity index (χ1v) is 8.59. The molecule has 0 saturated carbocycles. The highest BCUT2D eigenvalue weighted by Crippen LogP contribution is 2.18. The monoisotopic (exact) mass is 364 g/mol. The van der Waals surface area contributed by atoms with E-state index in [-0.39, 0.29) is 5.69 Å². The molecule has 0 bridgehead atoms. The highest BCUT2D eigenvalue weighted by molar-refractivity contribution is 6.30. The Hall–Kier alpha value is -2.41. The zero-order valence-corrected chi connectivity index (χ0v) is 15.0. The van der Waals surface area contributed by atoms with Gasteiger partial charge in [0.2, 0.25) is 0 Å². The third-order valence-electron chi connectivity index (χ3n) is 3.82. The maximum absolute atomic E-state index is 12.5. The quantitative estimate of drug-likeness (QED) is 0.750. The standard InChI is InChI=1S/C17H21ClN4O3/c1-3-5-9-13(17(24)25)19-16(23)15-14(4-2)22(21-20-15)12-8-6-7-11(18)10-12/h6-8,10,13H,3-5,9H2,1-2H3,(H,19,23)(H,24,25). The minimum absolute atomic E-state index is 0.130. The van der Waals surface area contributed by atoms with Crippen LogP contribution in [0.2, 0.25) is 5.02 Å². The van der Waals surface area contributed by atoms with Gasteiger partial charge in [-0.3, -0.25) is 4.79 Å². The lowest BCUT2D eigenvalue weighted by atomic mass is 10.1. The number of carboxylic acids is 1. The Kier molecular flexibility index (Phi) is 6.52. The summed E-state index contributed by atoms with van der Waals surface area (Å²) in [5.41, 5.74) is 1.42. The molecule has 0 aliphatic rings. The van der Waals surface area contributed by atoms with Gasteiger partial charge in [-0.1, -0.05) is 49.6 Å². The minimum atomic E-state index is -1.05. The highest BCUT2D eigenvalue weighted by atomic mass is 35.5. The smallest absolute Gasteiger partial charge is 0.326 e. The number of aliphatic carboxylic acids is 1. The SMILES string of the molecule is CCCCC(NC(=O)c1nnn(-c2cccc(Cl)c2)c1CC)C(=O)O. The predicted molar refractivity (Wildman–Crippen MR) is 94.2 cm³/mol. The first kappa shape index (κ1) is 18.9. The van der Waals surface area contributed by atoms with Crippen LogP contribution < -0.4 is 5.32 Å². The van der Waals surface area contributed by atoms with Gasteiger partial charge < -0.3 is 10.4 Å². The van der Waals surface area contributed by atoms with Crippen LogP contribution in [0.25, 0.3) is 5.69 Å². The van der Waals surface area contributed by atoms with Gasteiger partial charge >= 0.3 is 5.97 Å². The van der Waals surface area contributed by atoms with Crippen LogP contribution >= 0.6 is 11.6 Å². The number of carboxylic acid groups (broad SMARTS) is 1. The molecular weight excluding hydrogens is 344 g/mol. The normalized spacial score (nSPS) is 12.0. The van der Waals surface area contributed by atoms with Crippen molar-refractivity contribution < 1.29 is 14.7 Å². The second kappa shape index (κ2) is 8.62. The molecule has 1 unspecified atom stereocenters. The van der Waals surface area contributed by atoms with Crippen molar-refractivity contribution in [3.63, 3.8) is 0 Å². The molecule has 2 rings (SSSR count). The van der Waals surface area contributed by atoms with Crippen LogP contribution in [0.1, 0.15) is 49.3 Å². The Balaban J connectivity index is 2.27. The number of halogens is 1. The van der Waals surface area contributed by atoms with E-state index in [4.69, 9.17) is 11.6 Å². The third-order valence-corrected chi connectivity index (χ3v) is 4.05. The molecule has 0 fully saturated rings. The number of rotatable bonds is 8. The number of aromatic nitrogens is 3. The minimum Gasteiger partial charge on any atom is -0.480 e. The molecule has 0 spiro atoms. The van der Waals surface area contributed by atoms with Gasteiger partial charge in [0, 0.05) is 5.02 Å². The summed E-state index contributed by atoms with van der Waals surface area (Å²) in [6, 6.07) is 6.12. The van der Waals surface area contributed by atoms with E-state index in [2.05, 4.69) is 15.6 Å². The maximum Gasteiger partial charge on any atom is 0.326 e. The lowest BCUT2D eigenvalue weighted by molar-refractivity contribution is -0.139. The molecule has 0 aliphatic carbocycles. The molecule has 0 radical (unpaired) electrons. The number of hydrogen-bond acceptors (Lipinski definition) is 4. The van der Waals surface area contributed by atoms with E-state index >= 15 is 0 Å². The molecule has 0 saturated heterocycles. The van der Waals surface area contributed by atoms with Crippen LogP contribution in [-0.4, -0.2) is 38.0 Å². The van der Waals surface area contributed by atoms with Gasteiger partial charge in [0.15, 0.2) is 5.69 Å². The molecule has 1 heterocycles. The summed E-state index contributed by atoms with van der Waals surface area (Å²) in [6.07, 6.45) is 2.45. The topological polar surface area (TPSA) is 97.1 Å². The van der Waals surface area contributed by atoms with Crippen molar-refractivity contribution in [3.05, 3.63) is 40.7 Å². The van der Waals surface area contributed by atoms with Crippen molar-refractivity contribution >= 4 is 23.5 Å². The van der Waals surface area contributed by atoms with Gasteiger partial charge in [-0.15, -0.1) is 5.10 Å². The largest absolute Gasteiger partial charge is 0.480 e. The van der Waals surface area contributed by atoms with Gasteiger partial charge in [0.1, 0.15) is 6.04 Å². The first-order valence-electron chi connectivity index (χ1n) is 8.22. The molecule has 8 heteroatoms. The van der Waals surface area contributed by atoms with Crippen LogP contribution in [0, 0.1) is 0 Å². The van der Waals surface area contributed by atoms with Gasteiger partial charge in [-0.25, -0.2) is 9.48 Å². The van der Waals surface area contributed by atoms with E-state index in [1.54, 1.807) is 22.9 Å². The van der Waals surface area contributed by atoms with Crippen molar-refractivity contribution in [2.75, 3.05) is 0 Å². The molecule has 1 aromatic heterocycles. The van der Waals surface area contributed by atoms with Crippen molar-refractivity contribution in [2.24, 2.45) is 0 Å². The fourth-order valence-corrected chi connectivity index (χ4v) is 2.69. The number of unbranched alkanes of at least 4 members (excludes halogenated alkanes) is 1. The van der Waals surface area contributed by atoms with E-state index in [1.165, 1.54) is 0 Å². The number of nitrogens with one attached hydrogen (secondary N) is 1. The molecular formula is C17H21ClN4O3. The summed E-state index contributed by atoms with van der Waals surface area (Å²) in [5, 5.41) is 20.3. The van der Waals surface area contributed by atoms with E-state index in [0.717, 1.165) is 6.42 Å². The number of hydrogen-bond donors (Lipinski definition) is 2. The summed E-state index contributed by atoms with van der Waals surface area (Å²) < 4.78 is 1.54. The highest BCUT2D eigenvalue weighted by Gasteiger charge is 2.25. The number of carbonyl (C=O) groups is 2. The van der Waals surface area contributed by atoms with Crippen molar-refractivity contribution in [2.45, 2.75) is 45.6 Å². The summed E-state index contributed by atoms with van der Waals surface area (Å²) in [4.78, 5) is 23.8. The molecule has 1 atom stereocenters. The Morgan fingerprint density at radius 2 is 2.12 bits per heavy atom. The summed E-state index contributed by atoms with van der Waals surface area (Å²) in [6.45, 7) is 3.84. The average Bonchev–Trinajstić information content (AvgIpc) is 3.02. The van der Waals surface area contributed by atoms with Gasteiger partial charge in [-0.05, 0) is 31.0 Å². The van der Waals surface area contributed by atoms with Gasteiger partial charge in [0.25, 0.3) is 5.91 Å². The van der Waals surface area contributed by atoms with Gasteiger partial charge in [0.05, 0.1) is 11.4 Å². The Morgan fingerprint density at radius 3 is 2.72 bits per heavy atom. The van der Waals surface area contributed by atoms with Crippen LogP contribution in [0.5, 0.6) is 0 Å². The Labute approximate surface area is 151 Å². The second-order valence-electron chi connectivity index (χ2n) is 5.64. The lowest BCUT2D eigenvalue weighted by Gasteiger charge is -2.13. The van der Waals surface area contributed by atoms with Crippen LogP contribution in [0.4, 0.5) is 0 Å². The van der Waals surface area contributed by atoms with Crippen molar-refractivity contribution in [1.82, 2.24) is 20.3 Å². The van der Waals surface area contributed by atoms with Gasteiger partial charge in [-0.2, -0.15) is 0 Å². The molecule has 0 aliphatic heterocycles. The zero-order valence-electron chi connectivity index (χ0n) is 14.2. The van der Waals surface area contributed by atoms with Crippen LogP contribution in [0.15, 0.2) is 24.3 Å². The van der Waals surface area contributed by atoms with Crippen molar-refractivity contribution in [1.29, 1.82) is 0 Å². The summed E-state index contributed by atoms with van der Waals surface area (Å²) in [7, 11) is 0. The molecule has 25 heavy (non-hydrogen) atoms. The van der Waals surface area contributed by atoms with E-state index in [9.17, 15) is 14.7 Å². The number of benzene rings is 1. The Morgan fingerprint density at radius 1 is 1.36 bits per heavy atom. The molecule has 2 aromatic rings. The summed E-state index contributed by atoms with van der Waals surface area (Å²) in [5.74, 6) is -1.59. The number of nitrogens with zero attached hydrogens (tertiary/aromatic N) is 3. The fourth-order valence-electron chi connectivity index (χ4n) is 2.50. The number of carbonyl (C=O) groups excluding carboxylic acids is 1. The van der Waals surface area contributed by atoms with Crippen LogP contribution in [0.3, 0.4) is 0 Å². The molecule has 2 N–H and O–H groups in total. The fraction of sp³-hybridized carbons (Fsp3) is 0.412. The van der Waals surface area contributed by atoms with Crippen molar-refractivity contribution in [3.8, 4) is 5.69 Å². The van der Waals surface area contributed by atoms with E-state index < -0.39 is 17.9 Å². The molecule has 7 nitrogen and oxygen atoms in total. The zero-order chi connectivity index (χ0) is 18.4. The second-order valence-corrected chi connectivity index (χ2v) is 6.07. The third kappa shape index (κ3) is 4.57. The molecule has 134 valence electrons. The molecule has 1 aromatic carbocycles. The maximum atomic E-state index is 12.5. The number of amides is 1. The summed E-state index contributed by atoms with van der Waals surface area (Å²) >= 11 is 6.01. The first-order chi connectivity index (χ1) is 12.0. The Bertz CT molecular complexity index is 760. The molecule has 1 amide bonds. The van der Waals surface area contributed by atoms with E-state index in [1.807, 2.05) is 19.9 Å². The lowest BCUT2D eigenvalue weighted by Crippen LogP contribution is -2.41. The van der Waals surface area contributed by atoms with Crippen LogP contribution in [-0.2, 0) is 11.2 Å². The predicted octanol–water partition coefficient (Wildman–Crippen LogP) is 2.86.